The molecule has 0 unspecified atom stereocenters. The molecule has 2 aromatic carbocycles. The second kappa shape index (κ2) is 6.48. The number of benzene rings is 2. The zero-order valence-corrected chi connectivity index (χ0v) is 13.5. The minimum absolute atomic E-state index is 0.167. The smallest absolute Gasteiger partial charge is 0.0820 e. The van der Waals surface area contributed by atoms with Crippen LogP contribution in [0.2, 0.25) is 0 Å². The quantitative estimate of drug-likeness (QED) is 0.654. The molecule has 112 valence electrons. The second-order valence-corrected chi connectivity index (χ2v) is 5.63. The Morgan fingerprint density at radius 3 is 2.09 bits per heavy atom. The van der Waals surface area contributed by atoms with E-state index in [1.807, 2.05) is 0 Å². The maximum atomic E-state index is 7.86. The third kappa shape index (κ3) is 3.20. The predicted octanol–water partition coefficient (Wildman–Crippen LogP) is 5.84. The maximum absolute atomic E-state index is 7.86. The number of allylic oxidation sites excluding steroid dienone is 3. The van der Waals surface area contributed by atoms with Crippen LogP contribution in [-0.2, 0) is 0 Å². The number of hydrogen-bond donors (Lipinski definition) is 1. The van der Waals surface area contributed by atoms with Crippen molar-refractivity contribution in [1.82, 2.24) is 0 Å². The van der Waals surface area contributed by atoms with E-state index in [9.17, 15) is 0 Å². The van der Waals surface area contributed by atoms with Crippen LogP contribution in [0.4, 0.5) is 0 Å². The fourth-order valence-electron chi connectivity index (χ4n) is 2.70. The highest BCUT2D eigenvalue weighted by Gasteiger charge is 2.20. The Morgan fingerprint density at radius 2 is 1.45 bits per heavy atom. The van der Waals surface area contributed by atoms with Gasteiger partial charge in [0.25, 0.3) is 0 Å². The number of hydrogen-bond acceptors (Lipinski definition) is 1. The largest absolute Gasteiger partial charge is 0.513 e. The molecule has 0 aromatic heterocycles. The average Bonchev–Trinajstić information content (AvgIpc) is 2.78. The molecule has 1 heteroatoms. The van der Waals surface area contributed by atoms with Gasteiger partial charge in [0.2, 0.25) is 0 Å². The Labute approximate surface area is 132 Å². The van der Waals surface area contributed by atoms with Crippen LogP contribution in [0.1, 0.15) is 34.7 Å². The van der Waals surface area contributed by atoms with Gasteiger partial charge < -0.3 is 5.11 Å². The summed E-state index contributed by atoms with van der Waals surface area (Å²) in [4.78, 5) is 0. The summed E-state index contributed by atoms with van der Waals surface area (Å²) in [6.45, 7) is 13.1. The molecule has 0 heterocycles. The summed E-state index contributed by atoms with van der Waals surface area (Å²) in [5.41, 5.74) is 8.99. The van der Waals surface area contributed by atoms with Crippen LogP contribution >= 0.6 is 0 Å². The molecule has 22 heavy (non-hydrogen) atoms. The van der Waals surface area contributed by atoms with Crippen molar-refractivity contribution in [2.75, 3.05) is 0 Å². The first-order valence-corrected chi connectivity index (χ1v) is 7.33. The number of aliphatic hydroxyl groups is 1. The topological polar surface area (TPSA) is 20.2 Å². The average molecular weight is 290 g/mol. The molecule has 0 spiro atoms. The van der Waals surface area contributed by atoms with E-state index in [-0.39, 0.29) is 5.76 Å². The SMILES string of the molecule is C=C(C)O.C=C1C=C(c2ccccc2C)c2c(C)cccc21. The van der Waals surface area contributed by atoms with Crippen LogP contribution in [0.3, 0.4) is 0 Å². The van der Waals surface area contributed by atoms with E-state index in [4.69, 9.17) is 5.11 Å². The van der Waals surface area contributed by atoms with Gasteiger partial charge in [-0.2, -0.15) is 0 Å². The lowest BCUT2D eigenvalue weighted by atomic mass is 9.93. The molecule has 0 radical (unpaired) electrons. The van der Waals surface area contributed by atoms with Crippen molar-refractivity contribution in [3.8, 4) is 0 Å². The zero-order valence-electron chi connectivity index (χ0n) is 13.5. The van der Waals surface area contributed by atoms with Gasteiger partial charge in [0.1, 0.15) is 0 Å². The van der Waals surface area contributed by atoms with Crippen LogP contribution in [0.25, 0.3) is 11.1 Å². The van der Waals surface area contributed by atoms with Crippen LogP contribution in [-0.4, -0.2) is 5.11 Å². The normalized spacial score (nSPS) is 12.1. The summed E-state index contributed by atoms with van der Waals surface area (Å²) < 4.78 is 0. The molecule has 0 bridgehead atoms. The van der Waals surface area contributed by atoms with E-state index < -0.39 is 0 Å². The van der Waals surface area contributed by atoms with Crippen LogP contribution in [0.5, 0.6) is 0 Å². The standard InChI is InChI=1S/C18H16.C3H6O/c1-12-7-4-5-9-15(12)17-11-14(3)16-10-6-8-13(2)18(16)17;1-3(2)4/h4-11H,3H2,1-2H3;4H,1H2,2H3. The van der Waals surface area contributed by atoms with Gasteiger partial charge in [0.15, 0.2) is 0 Å². The Kier molecular flexibility index (Phi) is 4.67. The fourth-order valence-corrected chi connectivity index (χ4v) is 2.70. The molecule has 0 saturated carbocycles. The van der Waals surface area contributed by atoms with Crippen molar-refractivity contribution in [3.63, 3.8) is 0 Å². The fraction of sp³-hybridized carbons (Fsp3) is 0.143. The number of fused-ring (bicyclic) bond motifs is 1. The second-order valence-electron chi connectivity index (χ2n) is 5.63. The van der Waals surface area contributed by atoms with Gasteiger partial charge in [-0.15, -0.1) is 0 Å². The Hall–Kier alpha value is -2.54. The summed E-state index contributed by atoms with van der Waals surface area (Å²) in [6, 6.07) is 15.0. The number of rotatable bonds is 1. The Morgan fingerprint density at radius 1 is 0.909 bits per heavy atom. The van der Waals surface area contributed by atoms with Gasteiger partial charge >= 0.3 is 0 Å². The molecule has 0 aliphatic heterocycles. The van der Waals surface area contributed by atoms with E-state index in [2.05, 4.69) is 75.5 Å². The lowest BCUT2D eigenvalue weighted by molar-refractivity contribution is 0.417. The van der Waals surface area contributed by atoms with Crippen molar-refractivity contribution < 1.29 is 5.11 Å². The van der Waals surface area contributed by atoms with E-state index in [1.165, 1.54) is 40.3 Å². The van der Waals surface area contributed by atoms with Crippen LogP contribution < -0.4 is 0 Å². The minimum atomic E-state index is 0.167. The first-order valence-electron chi connectivity index (χ1n) is 7.33. The summed E-state index contributed by atoms with van der Waals surface area (Å²) >= 11 is 0. The molecule has 2 aromatic rings. The molecular formula is C21H22O. The van der Waals surface area contributed by atoms with Gasteiger partial charge in [-0.1, -0.05) is 55.6 Å². The molecule has 3 rings (SSSR count). The number of aliphatic hydroxyl groups excluding tert-OH is 1. The summed E-state index contributed by atoms with van der Waals surface area (Å²) in [5, 5.41) is 7.86. The molecule has 0 saturated heterocycles. The summed E-state index contributed by atoms with van der Waals surface area (Å²) in [7, 11) is 0. The van der Waals surface area contributed by atoms with Gasteiger partial charge in [0.05, 0.1) is 5.76 Å². The molecular weight excluding hydrogens is 268 g/mol. The van der Waals surface area contributed by atoms with Crippen molar-refractivity contribution in [1.29, 1.82) is 0 Å². The van der Waals surface area contributed by atoms with Crippen molar-refractivity contribution in [3.05, 3.63) is 95.3 Å². The molecule has 1 aliphatic carbocycles. The summed E-state index contributed by atoms with van der Waals surface area (Å²) in [6.07, 6.45) is 2.21. The van der Waals surface area contributed by atoms with Crippen molar-refractivity contribution in [2.24, 2.45) is 0 Å². The zero-order chi connectivity index (χ0) is 16.3. The highest BCUT2D eigenvalue weighted by Crippen LogP contribution is 2.40. The van der Waals surface area contributed by atoms with Crippen LogP contribution in [0, 0.1) is 13.8 Å². The molecule has 0 amide bonds. The lowest BCUT2D eigenvalue weighted by Crippen LogP contribution is -1.92. The Bertz CT molecular complexity index is 759. The predicted molar refractivity (Wildman–Crippen MR) is 95.9 cm³/mol. The molecule has 1 nitrogen and oxygen atoms in total. The third-order valence-corrected chi connectivity index (χ3v) is 3.64. The van der Waals surface area contributed by atoms with Gasteiger partial charge in [-0.3, -0.25) is 0 Å². The van der Waals surface area contributed by atoms with Crippen molar-refractivity contribution in [2.45, 2.75) is 20.8 Å². The summed E-state index contributed by atoms with van der Waals surface area (Å²) in [5.74, 6) is 0.167. The molecule has 1 N–H and O–H groups in total. The van der Waals surface area contributed by atoms with E-state index >= 15 is 0 Å². The monoisotopic (exact) mass is 290 g/mol. The minimum Gasteiger partial charge on any atom is -0.513 e. The van der Waals surface area contributed by atoms with Gasteiger partial charge in [0, 0.05) is 0 Å². The van der Waals surface area contributed by atoms with E-state index in [1.54, 1.807) is 0 Å². The van der Waals surface area contributed by atoms with Crippen molar-refractivity contribution >= 4 is 11.1 Å². The molecule has 0 fully saturated rings. The van der Waals surface area contributed by atoms with Crippen LogP contribution in [0.15, 0.2) is 67.5 Å². The lowest BCUT2D eigenvalue weighted by Gasteiger charge is -2.11. The maximum Gasteiger partial charge on any atom is 0.0820 e. The van der Waals surface area contributed by atoms with E-state index in [0.717, 1.165) is 5.57 Å². The Balaban J connectivity index is 0.000000396. The highest BCUT2D eigenvalue weighted by molar-refractivity contribution is 6.01. The molecule has 0 atom stereocenters. The van der Waals surface area contributed by atoms with Gasteiger partial charge in [-0.05, 0) is 65.8 Å². The first kappa shape index (κ1) is 15.8. The molecule has 1 aliphatic rings. The van der Waals surface area contributed by atoms with E-state index in [0.29, 0.717) is 0 Å². The highest BCUT2D eigenvalue weighted by atomic mass is 16.3. The van der Waals surface area contributed by atoms with Gasteiger partial charge in [-0.25, -0.2) is 0 Å². The third-order valence-electron chi connectivity index (χ3n) is 3.64. The number of aryl methyl sites for hydroxylation is 2. The first-order chi connectivity index (χ1) is 10.4.